The molecule has 1 aromatic heterocycles. The first-order chi connectivity index (χ1) is 11.7. The zero-order chi connectivity index (χ0) is 16.8. The largest absolute Gasteiger partial charge is 0.378 e. The van der Waals surface area contributed by atoms with Crippen LogP contribution in [0.4, 0.5) is 17.3 Å². The van der Waals surface area contributed by atoms with E-state index >= 15 is 0 Å². The number of morpholine rings is 1. The number of hydrogen-bond donors (Lipinski definition) is 2. The normalized spacial score (nSPS) is 14.6. The number of rotatable bonds is 6. The summed E-state index contributed by atoms with van der Waals surface area (Å²) in [5.41, 5.74) is 2.79. The number of ether oxygens (including phenoxy) is 1. The van der Waals surface area contributed by atoms with Crippen LogP contribution in [0.15, 0.2) is 35.1 Å². The highest BCUT2D eigenvalue weighted by atomic mass is 16.5. The zero-order valence-corrected chi connectivity index (χ0v) is 14.0. The molecule has 3 rings (SSSR count). The van der Waals surface area contributed by atoms with E-state index in [-0.39, 0.29) is 5.56 Å². The van der Waals surface area contributed by atoms with Gasteiger partial charge in [-0.25, -0.2) is 4.98 Å². The number of nitrogens with one attached hydrogen (secondary N) is 2. The topological polar surface area (TPSA) is 70.2 Å². The minimum atomic E-state index is -0.122. The summed E-state index contributed by atoms with van der Waals surface area (Å²) in [6, 6.07) is 9.73. The molecule has 2 aromatic rings. The predicted molar refractivity (Wildman–Crippen MR) is 96.2 cm³/mol. The van der Waals surface area contributed by atoms with E-state index in [0.29, 0.717) is 5.95 Å². The third kappa shape index (κ3) is 4.35. The van der Waals surface area contributed by atoms with Crippen LogP contribution in [0.5, 0.6) is 0 Å². The molecule has 6 nitrogen and oxygen atoms in total. The summed E-state index contributed by atoms with van der Waals surface area (Å²) in [6.07, 6.45) is 2.94. The van der Waals surface area contributed by atoms with Gasteiger partial charge in [-0.3, -0.25) is 9.78 Å². The Hall–Kier alpha value is -2.34. The van der Waals surface area contributed by atoms with Crippen LogP contribution in [-0.2, 0) is 11.2 Å². The Balaban J connectivity index is 1.69. The molecular weight excluding hydrogens is 304 g/mol. The third-order valence-corrected chi connectivity index (χ3v) is 4.09. The number of H-pyrrole nitrogens is 1. The third-order valence-electron chi connectivity index (χ3n) is 4.09. The highest BCUT2D eigenvalue weighted by Crippen LogP contribution is 2.20. The predicted octanol–water partition coefficient (Wildman–Crippen LogP) is 2.69. The second-order valence-corrected chi connectivity index (χ2v) is 5.96. The van der Waals surface area contributed by atoms with E-state index in [1.807, 2.05) is 12.1 Å². The van der Waals surface area contributed by atoms with Crippen molar-refractivity contribution >= 4 is 17.3 Å². The molecule has 0 bridgehead atoms. The Kier molecular flexibility index (Phi) is 5.48. The molecule has 0 radical (unpaired) electrons. The first kappa shape index (κ1) is 16.5. The summed E-state index contributed by atoms with van der Waals surface area (Å²) in [4.78, 5) is 21.3. The SMILES string of the molecule is CCCCc1cc(=O)[nH]c(Nc2ccc(N3CCOCC3)cc2)n1. The molecule has 0 unspecified atom stereocenters. The van der Waals surface area contributed by atoms with E-state index in [0.717, 1.165) is 56.9 Å². The van der Waals surface area contributed by atoms with Crippen LogP contribution >= 0.6 is 0 Å². The summed E-state index contributed by atoms with van der Waals surface area (Å²) in [5, 5.41) is 3.18. The summed E-state index contributed by atoms with van der Waals surface area (Å²) in [6.45, 7) is 5.51. The molecule has 2 heterocycles. The van der Waals surface area contributed by atoms with Crippen molar-refractivity contribution in [1.29, 1.82) is 0 Å². The van der Waals surface area contributed by atoms with Crippen LogP contribution in [-0.4, -0.2) is 36.3 Å². The number of benzene rings is 1. The molecule has 0 aliphatic carbocycles. The van der Waals surface area contributed by atoms with Crippen molar-refractivity contribution in [2.24, 2.45) is 0 Å². The van der Waals surface area contributed by atoms with Gasteiger partial charge >= 0.3 is 0 Å². The van der Waals surface area contributed by atoms with Crippen LogP contribution < -0.4 is 15.8 Å². The molecule has 1 aliphatic rings. The van der Waals surface area contributed by atoms with Crippen LogP contribution in [0.1, 0.15) is 25.5 Å². The zero-order valence-electron chi connectivity index (χ0n) is 14.0. The van der Waals surface area contributed by atoms with E-state index in [1.165, 1.54) is 5.69 Å². The molecule has 0 amide bonds. The molecule has 2 N–H and O–H groups in total. The Labute approximate surface area is 141 Å². The average molecular weight is 328 g/mol. The lowest BCUT2D eigenvalue weighted by atomic mass is 10.2. The van der Waals surface area contributed by atoms with Crippen molar-refractivity contribution in [3.63, 3.8) is 0 Å². The molecule has 6 heteroatoms. The van der Waals surface area contributed by atoms with Gasteiger partial charge in [0.1, 0.15) is 0 Å². The van der Waals surface area contributed by atoms with Crippen molar-refractivity contribution in [2.75, 3.05) is 36.5 Å². The molecule has 1 aromatic carbocycles. The molecule has 128 valence electrons. The Bertz CT molecular complexity index is 706. The van der Waals surface area contributed by atoms with Gasteiger partial charge in [-0.15, -0.1) is 0 Å². The number of hydrogen-bond acceptors (Lipinski definition) is 5. The summed E-state index contributed by atoms with van der Waals surface area (Å²) in [5.74, 6) is 0.493. The van der Waals surface area contributed by atoms with Gasteiger partial charge in [0.25, 0.3) is 5.56 Å². The first-order valence-electron chi connectivity index (χ1n) is 8.54. The molecule has 0 saturated carbocycles. The standard InChI is InChI=1S/C18H24N4O2/c1-2-3-4-15-13-17(23)21-18(20-15)19-14-5-7-16(8-6-14)22-9-11-24-12-10-22/h5-8,13H,2-4,9-12H2,1H3,(H2,19,20,21,23). The van der Waals surface area contributed by atoms with E-state index in [2.05, 4.69) is 39.2 Å². The smallest absolute Gasteiger partial charge is 0.252 e. The summed E-state index contributed by atoms with van der Waals surface area (Å²) < 4.78 is 5.38. The molecule has 0 atom stereocenters. The first-order valence-corrected chi connectivity index (χ1v) is 8.54. The van der Waals surface area contributed by atoms with Crippen LogP contribution in [0.3, 0.4) is 0 Å². The lowest BCUT2D eigenvalue weighted by Gasteiger charge is -2.28. The van der Waals surface area contributed by atoms with Gasteiger partial charge in [0, 0.05) is 36.2 Å². The van der Waals surface area contributed by atoms with Gasteiger partial charge in [0.2, 0.25) is 5.95 Å². The molecular formula is C18H24N4O2. The molecule has 1 fully saturated rings. The second-order valence-electron chi connectivity index (χ2n) is 5.96. The number of aryl methyl sites for hydroxylation is 1. The molecule has 0 spiro atoms. The number of aromatic nitrogens is 2. The maximum absolute atomic E-state index is 11.8. The maximum atomic E-state index is 11.8. The number of aromatic amines is 1. The van der Waals surface area contributed by atoms with Crippen LogP contribution in [0, 0.1) is 0 Å². The molecule has 1 aliphatic heterocycles. The van der Waals surface area contributed by atoms with E-state index in [9.17, 15) is 4.79 Å². The van der Waals surface area contributed by atoms with Gasteiger partial charge < -0.3 is 15.0 Å². The van der Waals surface area contributed by atoms with E-state index in [1.54, 1.807) is 6.07 Å². The van der Waals surface area contributed by atoms with Gasteiger partial charge in [0.15, 0.2) is 0 Å². The Morgan fingerprint density at radius 3 is 2.71 bits per heavy atom. The summed E-state index contributed by atoms with van der Waals surface area (Å²) >= 11 is 0. The van der Waals surface area contributed by atoms with E-state index in [4.69, 9.17) is 4.74 Å². The van der Waals surface area contributed by atoms with Crippen molar-refractivity contribution in [3.05, 3.63) is 46.4 Å². The van der Waals surface area contributed by atoms with Gasteiger partial charge in [-0.05, 0) is 37.1 Å². The fraction of sp³-hybridized carbons (Fsp3) is 0.444. The number of anilines is 3. The van der Waals surface area contributed by atoms with Gasteiger partial charge in [-0.2, -0.15) is 0 Å². The second kappa shape index (κ2) is 7.97. The molecule has 1 saturated heterocycles. The van der Waals surface area contributed by atoms with E-state index < -0.39 is 0 Å². The van der Waals surface area contributed by atoms with Crippen molar-refractivity contribution in [2.45, 2.75) is 26.2 Å². The minimum absolute atomic E-state index is 0.122. The van der Waals surface area contributed by atoms with Crippen molar-refractivity contribution in [3.8, 4) is 0 Å². The maximum Gasteiger partial charge on any atom is 0.252 e. The van der Waals surface area contributed by atoms with Gasteiger partial charge in [-0.1, -0.05) is 13.3 Å². The number of unbranched alkanes of at least 4 members (excludes halogenated alkanes) is 1. The minimum Gasteiger partial charge on any atom is -0.378 e. The fourth-order valence-corrected chi connectivity index (χ4v) is 2.77. The lowest BCUT2D eigenvalue weighted by Crippen LogP contribution is -2.36. The van der Waals surface area contributed by atoms with Crippen molar-refractivity contribution in [1.82, 2.24) is 9.97 Å². The van der Waals surface area contributed by atoms with Gasteiger partial charge in [0.05, 0.1) is 13.2 Å². The van der Waals surface area contributed by atoms with Crippen LogP contribution in [0.25, 0.3) is 0 Å². The lowest BCUT2D eigenvalue weighted by molar-refractivity contribution is 0.122. The Morgan fingerprint density at radius 2 is 2.00 bits per heavy atom. The quantitative estimate of drug-likeness (QED) is 0.853. The average Bonchev–Trinajstić information content (AvgIpc) is 2.61. The monoisotopic (exact) mass is 328 g/mol. The fourth-order valence-electron chi connectivity index (χ4n) is 2.77. The highest BCUT2D eigenvalue weighted by molar-refractivity contribution is 5.59. The number of nitrogens with zero attached hydrogens (tertiary/aromatic N) is 2. The Morgan fingerprint density at radius 1 is 1.25 bits per heavy atom. The summed E-state index contributed by atoms with van der Waals surface area (Å²) in [7, 11) is 0. The van der Waals surface area contributed by atoms with Crippen molar-refractivity contribution < 1.29 is 4.74 Å². The van der Waals surface area contributed by atoms with Crippen LogP contribution in [0.2, 0.25) is 0 Å². The molecule has 24 heavy (non-hydrogen) atoms. The highest BCUT2D eigenvalue weighted by Gasteiger charge is 2.11.